The molecule has 0 aromatic carbocycles. The second-order valence-electron chi connectivity index (χ2n) is 6.83. The SMILES string of the molecule is COC(=O)C(c1cc(Cl)ccn1)N1CCN(C(=O)OC(C)(C)C)CC1. The van der Waals surface area contributed by atoms with Gasteiger partial charge in [-0.05, 0) is 32.9 Å². The van der Waals surface area contributed by atoms with Crippen LogP contribution in [0.4, 0.5) is 4.79 Å². The zero-order valence-electron chi connectivity index (χ0n) is 15.0. The lowest BCUT2D eigenvalue weighted by Gasteiger charge is -2.38. The van der Waals surface area contributed by atoms with Gasteiger partial charge in [-0.15, -0.1) is 0 Å². The summed E-state index contributed by atoms with van der Waals surface area (Å²) in [6.45, 7) is 7.43. The van der Waals surface area contributed by atoms with E-state index in [-0.39, 0.29) is 6.09 Å². The van der Waals surface area contributed by atoms with E-state index >= 15 is 0 Å². The zero-order valence-corrected chi connectivity index (χ0v) is 15.7. The fourth-order valence-electron chi connectivity index (χ4n) is 2.63. The molecule has 2 rings (SSSR count). The van der Waals surface area contributed by atoms with Crippen molar-refractivity contribution < 1.29 is 19.1 Å². The van der Waals surface area contributed by atoms with E-state index in [1.54, 1.807) is 23.2 Å². The van der Waals surface area contributed by atoms with Gasteiger partial charge in [0.25, 0.3) is 0 Å². The molecule has 0 bridgehead atoms. The van der Waals surface area contributed by atoms with Crippen molar-refractivity contribution in [3.8, 4) is 0 Å². The molecule has 1 amide bonds. The molecule has 0 aliphatic carbocycles. The number of hydrogen-bond acceptors (Lipinski definition) is 6. The minimum atomic E-state index is -0.649. The lowest BCUT2D eigenvalue weighted by molar-refractivity contribution is -0.148. The molecule has 7 nitrogen and oxygen atoms in total. The van der Waals surface area contributed by atoms with E-state index < -0.39 is 17.6 Å². The summed E-state index contributed by atoms with van der Waals surface area (Å²) in [5.74, 6) is -0.402. The van der Waals surface area contributed by atoms with E-state index in [9.17, 15) is 9.59 Å². The molecular formula is C17H24ClN3O4. The van der Waals surface area contributed by atoms with E-state index in [0.29, 0.717) is 36.9 Å². The van der Waals surface area contributed by atoms with Crippen LogP contribution in [-0.4, -0.2) is 65.7 Å². The van der Waals surface area contributed by atoms with Crippen LogP contribution in [0.25, 0.3) is 0 Å². The van der Waals surface area contributed by atoms with Gasteiger partial charge >= 0.3 is 12.1 Å². The summed E-state index contributed by atoms with van der Waals surface area (Å²) >= 11 is 6.02. The summed E-state index contributed by atoms with van der Waals surface area (Å²) in [7, 11) is 1.34. The van der Waals surface area contributed by atoms with Gasteiger partial charge in [-0.1, -0.05) is 11.6 Å². The Morgan fingerprint density at radius 2 is 1.88 bits per heavy atom. The molecule has 0 radical (unpaired) electrons. The maximum atomic E-state index is 12.3. The standard InChI is InChI=1S/C17H24ClN3O4/c1-17(2,3)25-16(23)21-9-7-20(8-10-21)14(15(22)24-4)13-11-12(18)5-6-19-13/h5-6,11,14H,7-10H2,1-4H3. The highest BCUT2D eigenvalue weighted by atomic mass is 35.5. The Balaban J connectivity index is 2.07. The summed E-state index contributed by atoms with van der Waals surface area (Å²) in [4.78, 5) is 32.3. The summed E-state index contributed by atoms with van der Waals surface area (Å²) in [6, 6.07) is 2.66. The normalized spacial score (nSPS) is 17.1. The molecule has 2 heterocycles. The van der Waals surface area contributed by atoms with Crippen molar-refractivity contribution in [1.82, 2.24) is 14.8 Å². The van der Waals surface area contributed by atoms with Crippen molar-refractivity contribution >= 4 is 23.7 Å². The van der Waals surface area contributed by atoms with E-state index in [0.717, 1.165) is 0 Å². The Labute approximate surface area is 152 Å². The van der Waals surface area contributed by atoms with Gasteiger partial charge in [0.05, 0.1) is 12.8 Å². The van der Waals surface area contributed by atoms with Gasteiger partial charge in [0.1, 0.15) is 5.60 Å². The summed E-state index contributed by atoms with van der Waals surface area (Å²) < 4.78 is 10.3. The second kappa shape index (κ2) is 8.01. The Morgan fingerprint density at radius 3 is 2.40 bits per heavy atom. The number of esters is 1. The number of carbonyl (C=O) groups is 2. The number of ether oxygens (including phenoxy) is 2. The molecule has 1 atom stereocenters. The first-order valence-electron chi connectivity index (χ1n) is 8.12. The maximum Gasteiger partial charge on any atom is 0.410 e. The first-order chi connectivity index (χ1) is 11.7. The monoisotopic (exact) mass is 369 g/mol. The van der Waals surface area contributed by atoms with Crippen molar-refractivity contribution in [2.45, 2.75) is 32.4 Å². The molecule has 1 aromatic heterocycles. The van der Waals surface area contributed by atoms with Crippen molar-refractivity contribution in [3.63, 3.8) is 0 Å². The van der Waals surface area contributed by atoms with Crippen molar-refractivity contribution in [2.75, 3.05) is 33.3 Å². The Kier molecular flexibility index (Phi) is 6.24. The average molecular weight is 370 g/mol. The summed E-state index contributed by atoms with van der Waals surface area (Å²) in [5, 5.41) is 0.506. The number of hydrogen-bond donors (Lipinski definition) is 0. The van der Waals surface area contributed by atoms with Crippen LogP contribution < -0.4 is 0 Å². The van der Waals surface area contributed by atoms with Crippen LogP contribution in [0.15, 0.2) is 18.3 Å². The number of nitrogens with zero attached hydrogens (tertiary/aromatic N) is 3. The molecule has 1 unspecified atom stereocenters. The molecule has 0 saturated carbocycles. The molecule has 138 valence electrons. The average Bonchev–Trinajstić information content (AvgIpc) is 2.54. The molecule has 1 fully saturated rings. The van der Waals surface area contributed by atoms with Crippen molar-refractivity contribution in [3.05, 3.63) is 29.0 Å². The molecule has 0 spiro atoms. The third-order valence-corrected chi connectivity index (χ3v) is 4.01. The van der Waals surface area contributed by atoms with Gasteiger partial charge in [-0.25, -0.2) is 9.59 Å². The highest BCUT2D eigenvalue weighted by Gasteiger charge is 2.34. The lowest BCUT2D eigenvalue weighted by atomic mass is 10.1. The maximum absolute atomic E-state index is 12.3. The van der Waals surface area contributed by atoms with Gasteiger partial charge in [0.15, 0.2) is 6.04 Å². The number of rotatable bonds is 3. The van der Waals surface area contributed by atoms with Crippen LogP contribution in [0.2, 0.25) is 5.02 Å². The first kappa shape index (κ1) is 19.5. The molecule has 1 saturated heterocycles. The lowest BCUT2D eigenvalue weighted by Crippen LogP contribution is -2.52. The molecule has 25 heavy (non-hydrogen) atoms. The third-order valence-electron chi connectivity index (χ3n) is 3.78. The second-order valence-corrected chi connectivity index (χ2v) is 7.26. The predicted molar refractivity (Wildman–Crippen MR) is 93.4 cm³/mol. The van der Waals surface area contributed by atoms with Crippen LogP contribution in [-0.2, 0) is 14.3 Å². The molecule has 0 N–H and O–H groups in total. The van der Waals surface area contributed by atoms with Gasteiger partial charge in [0, 0.05) is 37.4 Å². The van der Waals surface area contributed by atoms with Crippen LogP contribution in [0.3, 0.4) is 0 Å². The zero-order chi connectivity index (χ0) is 18.6. The summed E-state index contributed by atoms with van der Waals surface area (Å²) in [6.07, 6.45) is 1.22. The Bertz CT molecular complexity index is 625. The van der Waals surface area contributed by atoms with Gasteiger partial charge < -0.3 is 14.4 Å². The first-order valence-corrected chi connectivity index (χ1v) is 8.50. The van der Waals surface area contributed by atoms with E-state index in [2.05, 4.69) is 4.98 Å². The number of halogens is 1. The number of aromatic nitrogens is 1. The van der Waals surface area contributed by atoms with E-state index in [4.69, 9.17) is 21.1 Å². The number of amides is 1. The fourth-order valence-corrected chi connectivity index (χ4v) is 2.80. The molecule has 1 aliphatic heterocycles. The van der Waals surface area contributed by atoms with Gasteiger partial charge in [-0.3, -0.25) is 9.88 Å². The van der Waals surface area contributed by atoms with E-state index in [1.165, 1.54) is 7.11 Å². The number of piperazine rings is 1. The topological polar surface area (TPSA) is 72.0 Å². The Morgan fingerprint density at radius 1 is 1.24 bits per heavy atom. The number of pyridine rings is 1. The minimum Gasteiger partial charge on any atom is -0.468 e. The highest BCUT2D eigenvalue weighted by molar-refractivity contribution is 6.30. The fraction of sp³-hybridized carbons (Fsp3) is 0.588. The van der Waals surface area contributed by atoms with Crippen molar-refractivity contribution in [1.29, 1.82) is 0 Å². The van der Waals surface area contributed by atoms with E-state index in [1.807, 2.05) is 25.7 Å². The predicted octanol–water partition coefficient (Wildman–Crippen LogP) is 2.50. The van der Waals surface area contributed by atoms with Crippen LogP contribution in [0.5, 0.6) is 0 Å². The number of carbonyl (C=O) groups excluding carboxylic acids is 2. The van der Waals surface area contributed by atoms with Crippen LogP contribution in [0.1, 0.15) is 32.5 Å². The largest absolute Gasteiger partial charge is 0.468 e. The molecule has 8 heteroatoms. The third kappa shape index (κ3) is 5.31. The minimum absolute atomic E-state index is 0.345. The molecule has 1 aromatic rings. The van der Waals surface area contributed by atoms with Gasteiger partial charge in [0.2, 0.25) is 0 Å². The molecule has 1 aliphatic rings. The summed E-state index contributed by atoms with van der Waals surface area (Å²) in [5.41, 5.74) is -0.00178. The highest BCUT2D eigenvalue weighted by Crippen LogP contribution is 2.24. The quantitative estimate of drug-likeness (QED) is 0.762. The molecular weight excluding hydrogens is 346 g/mol. The van der Waals surface area contributed by atoms with Crippen molar-refractivity contribution in [2.24, 2.45) is 0 Å². The van der Waals surface area contributed by atoms with Crippen LogP contribution in [0, 0.1) is 0 Å². The smallest absolute Gasteiger partial charge is 0.410 e. The Hall–Kier alpha value is -1.86. The van der Waals surface area contributed by atoms with Gasteiger partial charge in [-0.2, -0.15) is 0 Å². The number of methoxy groups -OCH3 is 1. The van der Waals surface area contributed by atoms with Crippen LogP contribution >= 0.6 is 11.6 Å².